The van der Waals surface area contributed by atoms with Crippen LogP contribution in [-0.4, -0.2) is 16.6 Å². The lowest BCUT2D eigenvalue weighted by molar-refractivity contribution is 0.143. The number of halogens is 1. The van der Waals surface area contributed by atoms with Gasteiger partial charge in [-0.25, -0.2) is 9.97 Å². The molecule has 3 aromatic rings. The Morgan fingerprint density at radius 1 is 1.14 bits per heavy atom. The highest BCUT2D eigenvalue weighted by Crippen LogP contribution is 2.24. The van der Waals surface area contributed by atoms with E-state index in [4.69, 9.17) is 16.3 Å². The van der Waals surface area contributed by atoms with Gasteiger partial charge in [0.25, 0.3) is 0 Å². The summed E-state index contributed by atoms with van der Waals surface area (Å²) in [5.41, 5.74) is 1.15. The van der Waals surface area contributed by atoms with Gasteiger partial charge in [0.1, 0.15) is 16.6 Å². The van der Waals surface area contributed by atoms with Crippen molar-refractivity contribution in [1.82, 2.24) is 9.97 Å². The van der Waals surface area contributed by atoms with E-state index in [0.29, 0.717) is 24.2 Å². The van der Waals surface area contributed by atoms with Crippen molar-refractivity contribution < 1.29 is 4.74 Å². The minimum Gasteiger partial charge on any atom is -0.369 e. The van der Waals surface area contributed by atoms with E-state index < -0.39 is 0 Å². The Balaban J connectivity index is 1.56. The summed E-state index contributed by atoms with van der Waals surface area (Å²) in [5, 5.41) is 3.34. The van der Waals surface area contributed by atoms with Crippen molar-refractivity contribution in [3.05, 3.63) is 64.4 Å². The molecule has 0 aliphatic rings. The second-order valence-corrected chi connectivity index (χ2v) is 5.65. The molecule has 3 nitrogen and oxygen atoms in total. The predicted molar refractivity (Wildman–Crippen MR) is 87.6 cm³/mol. The number of aromatic nitrogens is 2. The van der Waals surface area contributed by atoms with Gasteiger partial charge in [-0.05, 0) is 17.0 Å². The van der Waals surface area contributed by atoms with Crippen molar-refractivity contribution >= 4 is 39.2 Å². The Bertz CT molecular complexity index is 755. The van der Waals surface area contributed by atoms with Crippen LogP contribution in [0.25, 0.3) is 16.3 Å². The summed E-state index contributed by atoms with van der Waals surface area (Å²) in [6.07, 6.45) is 4.00. The van der Waals surface area contributed by atoms with E-state index in [1.54, 1.807) is 11.3 Å². The van der Waals surface area contributed by atoms with Crippen LogP contribution >= 0.6 is 22.9 Å². The van der Waals surface area contributed by atoms with Crippen LogP contribution in [0.4, 0.5) is 0 Å². The minimum absolute atomic E-state index is 0.354. The number of fused-ring (bicyclic) bond motifs is 1. The van der Waals surface area contributed by atoms with E-state index in [1.807, 2.05) is 53.9 Å². The van der Waals surface area contributed by atoms with E-state index >= 15 is 0 Å². The first kappa shape index (κ1) is 14.2. The van der Waals surface area contributed by atoms with Gasteiger partial charge in [0.05, 0.1) is 6.61 Å². The van der Waals surface area contributed by atoms with Crippen LogP contribution in [0, 0.1) is 0 Å². The van der Waals surface area contributed by atoms with Crippen molar-refractivity contribution in [2.75, 3.05) is 6.61 Å². The summed E-state index contributed by atoms with van der Waals surface area (Å²) in [6, 6.07) is 12.0. The van der Waals surface area contributed by atoms with Crippen LogP contribution in [0.3, 0.4) is 0 Å². The molecule has 0 bridgehead atoms. The number of benzene rings is 1. The van der Waals surface area contributed by atoms with Crippen molar-refractivity contribution in [2.24, 2.45) is 0 Å². The second-order valence-electron chi connectivity index (χ2n) is 4.40. The molecular formula is C16H13ClN2OS. The van der Waals surface area contributed by atoms with Gasteiger partial charge >= 0.3 is 0 Å². The zero-order valence-electron chi connectivity index (χ0n) is 11.2. The number of hydrogen-bond acceptors (Lipinski definition) is 4. The minimum atomic E-state index is 0.354. The van der Waals surface area contributed by atoms with Gasteiger partial charge in [-0.2, -0.15) is 0 Å². The zero-order chi connectivity index (χ0) is 14.5. The molecule has 0 aliphatic carbocycles. The quantitative estimate of drug-likeness (QED) is 0.510. The SMILES string of the molecule is Clc1nc(COCC=Cc2ccccc2)nc2sccc12. The van der Waals surface area contributed by atoms with Gasteiger partial charge in [0.15, 0.2) is 5.82 Å². The standard InChI is InChI=1S/C16H13ClN2OS/c17-15-13-8-10-21-16(13)19-14(18-15)11-20-9-4-7-12-5-2-1-3-6-12/h1-8,10H,9,11H2. The lowest BCUT2D eigenvalue weighted by Gasteiger charge is -2.02. The summed E-state index contributed by atoms with van der Waals surface area (Å²) >= 11 is 7.66. The maximum Gasteiger partial charge on any atom is 0.157 e. The van der Waals surface area contributed by atoms with Gasteiger partial charge in [-0.1, -0.05) is 54.1 Å². The van der Waals surface area contributed by atoms with Crippen molar-refractivity contribution in [2.45, 2.75) is 6.61 Å². The van der Waals surface area contributed by atoms with Gasteiger partial charge in [0, 0.05) is 5.39 Å². The lowest BCUT2D eigenvalue weighted by Crippen LogP contribution is -1.99. The van der Waals surface area contributed by atoms with Crippen LogP contribution in [0.2, 0.25) is 5.15 Å². The smallest absolute Gasteiger partial charge is 0.157 e. The van der Waals surface area contributed by atoms with Crippen LogP contribution in [0.15, 0.2) is 47.9 Å². The summed E-state index contributed by atoms with van der Waals surface area (Å²) < 4.78 is 5.56. The Kier molecular flexibility index (Phi) is 4.60. The molecule has 0 atom stereocenters. The zero-order valence-corrected chi connectivity index (χ0v) is 12.8. The molecule has 0 aliphatic heterocycles. The average Bonchev–Trinajstić information content (AvgIpc) is 2.97. The monoisotopic (exact) mass is 316 g/mol. The summed E-state index contributed by atoms with van der Waals surface area (Å²) in [6.45, 7) is 0.866. The predicted octanol–water partition coefficient (Wildman–Crippen LogP) is 4.57. The molecule has 5 heteroatoms. The first-order valence-electron chi connectivity index (χ1n) is 6.52. The largest absolute Gasteiger partial charge is 0.369 e. The van der Waals surface area contributed by atoms with E-state index in [1.165, 1.54) is 0 Å². The third-order valence-electron chi connectivity index (χ3n) is 2.88. The molecule has 3 rings (SSSR count). The third kappa shape index (κ3) is 3.67. The molecule has 106 valence electrons. The van der Waals surface area contributed by atoms with Crippen molar-refractivity contribution in [3.8, 4) is 0 Å². The fourth-order valence-electron chi connectivity index (χ4n) is 1.89. The van der Waals surface area contributed by atoms with E-state index in [-0.39, 0.29) is 0 Å². The average molecular weight is 317 g/mol. The molecule has 1 aromatic carbocycles. The Labute approximate surface area is 131 Å². The molecule has 0 unspecified atom stereocenters. The van der Waals surface area contributed by atoms with Crippen LogP contribution < -0.4 is 0 Å². The summed E-state index contributed by atoms with van der Waals surface area (Å²) in [7, 11) is 0. The lowest BCUT2D eigenvalue weighted by atomic mass is 10.2. The molecule has 2 aromatic heterocycles. The van der Waals surface area contributed by atoms with Gasteiger partial charge < -0.3 is 4.74 Å². The highest BCUT2D eigenvalue weighted by atomic mass is 35.5. The third-order valence-corrected chi connectivity index (χ3v) is 3.97. The molecule has 2 heterocycles. The molecule has 0 radical (unpaired) electrons. The molecule has 0 saturated heterocycles. The number of hydrogen-bond donors (Lipinski definition) is 0. The number of ether oxygens (including phenoxy) is 1. The number of rotatable bonds is 5. The van der Waals surface area contributed by atoms with Gasteiger partial charge in [0.2, 0.25) is 0 Å². The molecule has 0 amide bonds. The van der Waals surface area contributed by atoms with Crippen LogP contribution in [0.1, 0.15) is 11.4 Å². The maximum absolute atomic E-state index is 6.11. The fraction of sp³-hybridized carbons (Fsp3) is 0.125. The van der Waals surface area contributed by atoms with E-state index in [9.17, 15) is 0 Å². The molecule has 0 spiro atoms. The van der Waals surface area contributed by atoms with Gasteiger partial charge in [-0.3, -0.25) is 0 Å². The van der Waals surface area contributed by atoms with E-state index in [0.717, 1.165) is 15.8 Å². The fourth-order valence-corrected chi connectivity index (χ4v) is 2.98. The van der Waals surface area contributed by atoms with Crippen LogP contribution in [-0.2, 0) is 11.3 Å². The van der Waals surface area contributed by atoms with Crippen molar-refractivity contribution in [3.63, 3.8) is 0 Å². The van der Waals surface area contributed by atoms with E-state index in [2.05, 4.69) is 9.97 Å². The molecule has 0 fully saturated rings. The first-order chi connectivity index (χ1) is 10.3. The molecular weight excluding hydrogens is 304 g/mol. The molecule has 0 N–H and O–H groups in total. The normalized spacial score (nSPS) is 11.5. The summed E-state index contributed by atoms with van der Waals surface area (Å²) in [4.78, 5) is 9.56. The second kappa shape index (κ2) is 6.80. The van der Waals surface area contributed by atoms with Gasteiger partial charge in [-0.15, -0.1) is 11.3 Å². The molecule has 0 saturated carbocycles. The Morgan fingerprint density at radius 3 is 2.86 bits per heavy atom. The number of thiophene rings is 1. The number of nitrogens with zero attached hydrogens (tertiary/aromatic N) is 2. The van der Waals surface area contributed by atoms with Crippen molar-refractivity contribution in [1.29, 1.82) is 0 Å². The summed E-state index contributed by atoms with van der Waals surface area (Å²) in [5.74, 6) is 0.614. The highest BCUT2D eigenvalue weighted by Gasteiger charge is 2.06. The molecule has 21 heavy (non-hydrogen) atoms. The highest BCUT2D eigenvalue weighted by molar-refractivity contribution is 7.16. The Hall–Kier alpha value is -1.75. The maximum atomic E-state index is 6.11. The topological polar surface area (TPSA) is 35.0 Å². The first-order valence-corrected chi connectivity index (χ1v) is 7.77. The van der Waals surface area contributed by atoms with Crippen LogP contribution in [0.5, 0.6) is 0 Å². The Morgan fingerprint density at radius 2 is 2.00 bits per heavy atom.